The van der Waals surface area contributed by atoms with Crippen LogP contribution < -0.4 is 0 Å². The Bertz CT molecular complexity index is 1400. The Kier molecular flexibility index (Phi) is 3.04. The highest BCUT2D eigenvalue weighted by Gasteiger charge is 2.47. The van der Waals surface area contributed by atoms with E-state index < -0.39 is 5.41 Å². The minimum atomic E-state index is -0.447. The molecule has 0 radical (unpaired) electrons. The highest BCUT2D eigenvalue weighted by atomic mass is 14.5. The molecule has 1 spiro atoms. The predicted octanol–water partition coefficient (Wildman–Crippen LogP) is 6.06. The van der Waals surface area contributed by atoms with Crippen LogP contribution in [0.1, 0.15) is 27.8 Å². The van der Waals surface area contributed by atoms with Gasteiger partial charge in [0.05, 0.1) is 5.41 Å². The van der Waals surface area contributed by atoms with Gasteiger partial charge in [-0.15, -0.1) is 12.8 Å². The Morgan fingerprint density at radius 3 is 2.31 bits per heavy atom. The first-order valence-corrected chi connectivity index (χ1v) is 9.70. The summed E-state index contributed by atoms with van der Waals surface area (Å²) in [5.74, 6) is 5.74. The molecule has 0 aromatic heterocycles. The smallest absolute Gasteiger partial charge is 0.0726 e. The summed E-state index contributed by atoms with van der Waals surface area (Å²) in [6.07, 6.45) is 27.1. The van der Waals surface area contributed by atoms with Gasteiger partial charge in [-0.3, -0.25) is 0 Å². The molecule has 132 valence electrons. The van der Waals surface area contributed by atoms with E-state index in [1.807, 2.05) is 6.07 Å². The monoisotopic (exact) mass is 364 g/mol. The van der Waals surface area contributed by atoms with E-state index in [9.17, 15) is 0 Å². The van der Waals surface area contributed by atoms with Crippen LogP contribution in [0.5, 0.6) is 0 Å². The third-order valence-corrected chi connectivity index (χ3v) is 6.40. The van der Waals surface area contributed by atoms with E-state index >= 15 is 0 Å². The lowest BCUT2D eigenvalue weighted by molar-refractivity contribution is 0.722. The molecule has 0 nitrogen and oxygen atoms in total. The summed E-state index contributed by atoms with van der Waals surface area (Å²) in [5, 5.41) is 0. The zero-order valence-corrected chi connectivity index (χ0v) is 15.7. The second-order valence-corrected chi connectivity index (χ2v) is 7.70. The maximum atomic E-state index is 6.05. The molecule has 0 bridgehead atoms. The molecule has 0 heterocycles. The first-order chi connectivity index (χ1) is 14.3. The van der Waals surface area contributed by atoms with Crippen LogP contribution in [0.4, 0.5) is 0 Å². The summed E-state index contributed by atoms with van der Waals surface area (Å²) >= 11 is 0. The molecule has 0 saturated heterocycles. The van der Waals surface area contributed by atoms with Crippen molar-refractivity contribution in [3.05, 3.63) is 117 Å². The number of hydrogen-bond donors (Lipinski definition) is 0. The number of hydrogen-bond acceptors (Lipinski definition) is 0. The van der Waals surface area contributed by atoms with Crippen molar-refractivity contribution in [1.29, 1.82) is 0 Å². The third kappa shape index (κ3) is 1.91. The first kappa shape index (κ1) is 16.0. The maximum absolute atomic E-state index is 6.05. The Hall–Kier alpha value is -4.00. The van der Waals surface area contributed by atoms with E-state index in [0.29, 0.717) is 0 Å². The maximum Gasteiger partial charge on any atom is 0.0726 e. The Balaban J connectivity index is 1.63. The predicted molar refractivity (Wildman–Crippen MR) is 121 cm³/mol. The molecule has 4 aliphatic rings. The van der Waals surface area contributed by atoms with Crippen LogP contribution in [-0.4, -0.2) is 0 Å². The molecule has 6 rings (SSSR count). The van der Waals surface area contributed by atoms with Crippen molar-refractivity contribution in [2.75, 3.05) is 0 Å². The van der Waals surface area contributed by atoms with Crippen LogP contribution in [0.15, 0.2) is 89.6 Å². The average molecular weight is 364 g/mol. The van der Waals surface area contributed by atoms with Gasteiger partial charge in [-0.2, -0.15) is 0 Å². The summed E-state index contributed by atoms with van der Waals surface area (Å²) in [5.41, 5.74) is 11.3. The SMILES string of the molecule is C#CC1=CC=C2C(=Cc3cc(C#C)ccc32)C12C=CC=C1C2=Cc2ccccc21. The number of benzene rings is 2. The van der Waals surface area contributed by atoms with Gasteiger partial charge in [0.15, 0.2) is 0 Å². The molecular weight excluding hydrogens is 348 g/mol. The lowest BCUT2D eigenvalue weighted by Gasteiger charge is -2.39. The summed E-state index contributed by atoms with van der Waals surface area (Å²) in [4.78, 5) is 0. The van der Waals surface area contributed by atoms with Gasteiger partial charge in [-0.05, 0) is 74.9 Å². The van der Waals surface area contributed by atoms with Crippen molar-refractivity contribution in [2.45, 2.75) is 0 Å². The molecule has 1 unspecified atom stereocenters. The molecular formula is C29H16. The molecule has 0 fully saturated rings. The van der Waals surface area contributed by atoms with Crippen molar-refractivity contribution >= 4 is 23.3 Å². The van der Waals surface area contributed by atoms with Crippen molar-refractivity contribution in [2.24, 2.45) is 5.41 Å². The van der Waals surface area contributed by atoms with Crippen LogP contribution in [0.3, 0.4) is 0 Å². The van der Waals surface area contributed by atoms with Crippen molar-refractivity contribution in [1.82, 2.24) is 0 Å². The lowest BCUT2D eigenvalue weighted by Crippen LogP contribution is -2.28. The molecule has 0 heteroatoms. The number of allylic oxidation sites excluding steroid dienone is 10. The van der Waals surface area contributed by atoms with E-state index in [-0.39, 0.29) is 0 Å². The van der Waals surface area contributed by atoms with Crippen LogP contribution in [0, 0.1) is 30.1 Å². The zero-order chi connectivity index (χ0) is 19.6. The molecule has 0 N–H and O–H groups in total. The van der Waals surface area contributed by atoms with E-state index in [0.717, 1.165) is 16.7 Å². The standard InChI is InChI=1S/C29H16/c1-3-19-11-13-24-21(16-19)18-28-26(24)14-12-22(4-2)29(28)15-7-10-25-23-9-6-5-8-20(23)17-27(25)29/h1-2,5-18H. The number of terminal acetylenes is 2. The second-order valence-electron chi connectivity index (χ2n) is 7.70. The highest BCUT2D eigenvalue weighted by Crippen LogP contribution is 2.61. The van der Waals surface area contributed by atoms with Gasteiger partial charge >= 0.3 is 0 Å². The van der Waals surface area contributed by atoms with Gasteiger partial charge in [-0.25, -0.2) is 0 Å². The fourth-order valence-corrected chi connectivity index (χ4v) is 5.11. The minimum absolute atomic E-state index is 0.447. The largest absolute Gasteiger partial charge is 0.115 e. The van der Waals surface area contributed by atoms with Crippen molar-refractivity contribution in [3.63, 3.8) is 0 Å². The fraction of sp³-hybridized carbons (Fsp3) is 0.0345. The van der Waals surface area contributed by atoms with Gasteiger partial charge in [0, 0.05) is 11.1 Å². The molecule has 0 aliphatic heterocycles. The molecule has 0 amide bonds. The summed E-state index contributed by atoms with van der Waals surface area (Å²) in [6.45, 7) is 0. The molecule has 1 atom stereocenters. The molecule has 0 saturated carbocycles. The lowest BCUT2D eigenvalue weighted by atomic mass is 9.61. The van der Waals surface area contributed by atoms with Crippen molar-refractivity contribution in [3.8, 4) is 24.7 Å². The first-order valence-electron chi connectivity index (χ1n) is 9.70. The van der Waals surface area contributed by atoms with Crippen LogP contribution in [-0.2, 0) is 0 Å². The zero-order valence-electron chi connectivity index (χ0n) is 15.7. The summed E-state index contributed by atoms with van der Waals surface area (Å²) in [7, 11) is 0. The quantitative estimate of drug-likeness (QED) is 0.499. The van der Waals surface area contributed by atoms with Gasteiger partial charge in [0.1, 0.15) is 0 Å². The highest BCUT2D eigenvalue weighted by molar-refractivity contribution is 6.06. The van der Waals surface area contributed by atoms with Crippen molar-refractivity contribution < 1.29 is 0 Å². The van der Waals surface area contributed by atoms with Crippen LogP contribution in [0.25, 0.3) is 23.3 Å². The second kappa shape index (κ2) is 5.51. The van der Waals surface area contributed by atoms with Gasteiger partial charge in [0.25, 0.3) is 0 Å². The Morgan fingerprint density at radius 2 is 1.48 bits per heavy atom. The van der Waals surface area contributed by atoms with E-state index in [4.69, 9.17) is 12.8 Å². The fourth-order valence-electron chi connectivity index (χ4n) is 5.11. The van der Waals surface area contributed by atoms with Crippen LogP contribution >= 0.6 is 0 Å². The van der Waals surface area contributed by atoms with Gasteiger partial charge in [-0.1, -0.05) is 66.5 Å². The average Bonchev–Trinajstić information content (AvgIpc) is 3.33. The number of rotatable bonds is 0. The molecule has 2 aromatic rings. The van der Waals surface area contributed by atoms with E-state index in [1.165, 1.54) is 39.0 Å². The van der Waals surface area contributed by atoms with E-state index in [1.54, 1.807) is 0 Å². The Labute approximate surface area is 171 Å². The third-order valence-electron chi connectivity index (χ3n) is 6.40. The topological polar surface area (TPSA) is 0 Å². The summed E-state index contributed by atoms with van der Waals surface area (Å²) < 4.78 is 0. The van der Waals surface area contributed by atoms with Gasteiger partial charge < -0.3 is 0 Å². The molecule has 2 aromatic carbocycles. The molecule has 29 heavy (non-hydrogen) atoms. The number of fused-ring (bicyclic) bond motifs is 8. The van der Waals surface area contributed by atoms with Gasteiger partial charge in [0.2, 0.25) is 0 Å². The van der Waals surface area contributed by atoms with E-state index in [2.05, 4.69) is 90.8 Å². The molecule has 4 aliphatic carbocycles. The minimum Gasteiger partial charge on any atom is -0.115 e. The Morgan fingerprint density at radius 1 is 0.724 bits per heavy atom. The van der Waals surface area contributed by atoms with Crippen LogP contribution in [0.2, 0.25) is 0 Å². The normalized spacial score (nSPS) is 22.1. The summed E-state index contributed by atoms with van der Waals surface area (Å²) in [6, 6.07) is 14.8.